The molecule has 2 amide bonds. The molecule has 9 nitrogen and oxygen atoms in total. The summed E-state index contributed by atoms with van der Waals surface area (Å²) in [5.74, 6) is -0.433. The predicted molar refractivity (Wildman–Crippen MR) is 127 cm³/mol. The minimum absolute atomic E-state index is 0.125. The fraction of sp³-hybridized carbons (Fsp3) is 0.217. The summed E-state index contributed by atoms with van der Waals surface area (Å²) in [5.41, 5.74) is 1.75. The molecule has 0 spiro atoms. The number of hydrogen-bond acceptors (Lipinski definition) is 6. The SMILES string of the molecule is CC(C)NS(=O)(=O)c1ccc(NC(=O)C(C)Nc2ccc(NC(=O)c3ccco3)cc2)cc1. The van der Waals surface area contributed by atoms with Crippen molar-refractivity contribution in [2.24, 2.45) is 0 Å². The molecule has 0 aliphatic carbocycles. The van der Waals surface area contributed by atoms with Crippen LogP contribution in [0.3, 0.4) is 0 Å². The van der Waals surface area contributed by atoms with Gasteiger partial charge in [-0.25, -0.2) is 13.1 Å². The number of amides is 2. The highest BCUT2D eigenvalue weighted by atomic mass is 32.2. The van der Waals surface area contributed by atoms with Crippen LogP contribution in [-0.2, 0) is 14.8 Å². The van der Waals surface area contributed by atoms with E-state index >= 15 is 0 Å². The van der Waals surface area contributed by atoms with E-state index in [-0.39, 0.29) is 28.5 Å². The number of rotatable bonds is 9. The van der Waals surface area contributed by atoms with E-state index in [1.165, 1.54) is 30.5 Å². The summed E-state index contributed by atoms with van der Waals surface area (Å²) < 4.78 is 32.0. The number of anilines is 3. The van der Waals surface area contributed by atoms with Crippen LogP contribution in [0.1, 0.15) is 31.3 Å². The van der Waals surface area contributed by atoms with Gasteiger partial charge in [0.05, 0.1) is 11.2 Å². The average molecular weight is 471 g/mol. The summed E-state index contributed by atoms with van der Waals surface area (Å²) in [6.07, 6.45) is 1.43. The molecule has 1 unspecified atom stereocenters. The van der Waals surface area contributed by atoms with Crippen molar-refractivity contribution in [2.75, 3.05) is 16.0 Å². The van der Waals surface area contributed by atoms with Crippen molar-refractivity contribution in [1.29, 1.82) is 0 Å². The molecule has 1 aromatic heterocycles. The van der Waals surface area contributed by atoms with Crippen LogP contribution < -0.4 is 20.7 Å². The molecule has 0 fully saturated rings. The molecule has 2 aromatic carbocycles. The molecule has 0 saturated carbocycles. The van der Waals surface area contributed by atoms with Gasteiger partial charge in [-0.05, 0) is 81.4 Å². The molecule has 3 rings (SSSR count). The third-order valence-corrected chi connectivity index (χ3v) is 6.16. The molecule has 0 aliphatic rings. The molecule has 1 atom stereocenters. The van der Waals surface area contributed by atoms with Gasteiger partial charge in [-0.1, -0.05) is 0 Å². The van der Waals surface area contributed by atoms with Crippen LogP contribution in [0.15, 0.2) is 76.2 Å². The van der Waals surface area contributed by atoms with Crippen molar-refractivity contribution in [2.45, 2.75) is 37.8 Å². The first kappa shape index (κ1) is 24.0. The molecule has 0 saturated heterocycles. The van der Waals surface area contributed by atoms with Gasteiger partial charge >= 0.3 is 0 Å². The minimum Gasteiger partial charge on any atom is -0.459 e. The molecule has 4 N–H and O–H groups in total. The molecular formula is C23H26N4O5S. The van der Waals surface area contributed by atoms with Gasteiger partial charge in [-0.15, -0.1) is 0 Å². The quantitative estimate of drug-likeness (QED) is 0.378. The lowest BCUT2D eigenvalue weighted by Gasteiger charge is -2.16. The first-order valence-electron chi connectivity index (χ1n) is 10.3. The lowest BCUT2D eigenvalue weighted by molar-refractivity contribution is -0.116. The van der Waals surface area contributed by atoms with Gasteiger partial charge < -0.3 is 20.4 Å². The molecule has 1 heterocycles. The highest BCUT2D eigenvalue weighted by Gasteiger charge is 2.17. The Balaban J connectivity index is 1.54. The number of furan rings is 1. The predicted octanol–water partition coefficient (Wildman–Crippen LogP) is 3.66. The highest BCUT2D eigenvalue weighted by molar-refractivity contribution is 7.89. The Bertz CT molecular complexity index is 1190. The van der Waals surface area contributed by atoms with Crippen LogP contribution in [0.2, 0.25) is 0 Å². The van der Waals surface area contributed by atoms with Crippen molar-refractivity contribution >= 4 is 38.9 Å². The van der Waals surface area contributed by atoms with Crippen LogP contribution in [-0.4, -0.2) is 32.3 Å². The van der Waals surface area contributed by atoms with Crippen molar-refractivity contribution in [3.63, 3.8) is 0 Å². The van der Waals surface area contributed by atoms with E-state index in [1.807, 2.05) is 0 Å². The molecule has 0 bridgehead atoms. The largest absolute Gasteiger partial charge is 0.459 e. The number of benzene rings is 2. The van der Waals surface area contributed by atoms with Crippen molar-refractivity contribution < 1.29 is 22.4 Å². The van der Waals surface area contributed by atoms with Gasteiger partial charge in [0.25, 0.3) is 5.91 Å². The van der Waals surface area contributed by atoms with E-state index in [0.29, 0.717) is 17.1 Å². The average Bonchev–Trinajstić information content (AvgIpc) is 3.30. The smallest absolute Gasteiger partial charge is 0.291 e. The zero-order valence-corrected chi connectivity index (χ0v) is 19.3. The maximum absolute atomic E-state index is 12.5. The summed E-state index contributed by atoms with van der Waals surface area (Å²) in [4.78, 5) is 24.7. The zero-order valence-electron chi connectivity index (χ0n) is 18.5. The maximum Gasteiger partial charge on any atom is 0.291 e. The second kappa shape index (κ2) is 10.3. The first-order valence-corrected chi connectivity index (χ1v) is 11.8. The molecule has 0 radical (unpaired) electrons. The van der Waals surface area contributed by atoms with E-state index in [1.54, 1.807) is 57.2 Å². The third-order valence-electron chi connectivity index (χ3n) is 4.49. The zero-order chi connectivity index (χ0) is 24.0. The van der Waals surface area contributed by atoms with E-state index in [9.17, 15) is 18.0 Å². The van der Waals surface area contributed by atoms with Gasteiger partial charge in [-0.3, -0.25) is 9.59 Å². The monoisotopic (exact) mass is 470 g/mol. The molecule has 0 aliphatic heterocycles. The fourth-order valence-electron chi connectivity index (χ4n) is 2.91. The Hall–Kier alpha value is -3.63. The molecule has 3 aromatic rings. The van der Waals surface area contributed by atoms with Crippen molar-refractivity contribution in [3.05, 3.63) is 72.7 Å². The van der Waals surface area contributed by atoms with Gasteiger partial charge in [0.15, 0.2) is 5.76 Å². The molecule has 174 valence electrons. The van der Waals surface area contributed by atoms with Crippen LogP contribution in [0.5, 0.6) is 0 Å². The fourth-order valence-corrected chi connectivity index (χ4v) is 4.16. The van der Waals surface area contributed by atoms with E-state index in [0.717, 1.165) is 0 Å². The number of hydrogen-bond donors (Lipinski definition) is 4. The van der Waals surface area contributed by atoms with Gasteiger partial charge in [0.2, 0.25) is 15.9 Å². The lowest BCUT2D eigenvalue weighted by Crippen LogP contribution is -2.32. The maximum atomic E-state index is 12.5. The van der Waals surface area contributed by atoms with E-state index < -0.39 is 16.1 Å². The number of nitrogens with one attached hydrogen (secondary N) is 4. The number of carbonyl (C=O) groups excluding carboxylic acids is 2. The number of carbonyl (C=O) groups is 2. The Morgan fingerprint density at radius 2 is 1.39 bits per heavy atom. The summed E-state index contributed by atoms with van der Waals surface area (Å²) in [6, 6.07) is 15.3. The molecular weight excluding hydrogens is 444 g/mol. The summed E-state index contributed by atoms with van der Waals surface area (Å²) in [7, 11) is -3.59. The summed E-state index contributed by atoms with van der Waals surface area (Å²) >= 11 is 0. The van der Waals surface area contributed by atoms with Crippen molar-refractivity contribution in [1.82, 2.24) is 4.72 Å². The Labute approximate surface area is 192 Å². The topological polar surface area (TPSA) is 130 Å². The second-order valence-corrected chi connectivity index (χ2v) is 9.38. The van der Waals surface area contributed by atoms with Gasteiger partial charge in [0, 0.05) is 23.1 Å². The summed E-state index contributed by atoms with van der Waals surface area (Å²) in [6.45, 7) is 5.18. The lowest BCUT2D eigenvalue weighted by atomic mass is 10.2. The van der Waals surface area contributed by atoms with E-state index in [2.05, 4.69) is 20.7 Å². The summed E-state index contributed by atoms with van der Waals surface area (Å²) in [5, 5.41) is 8.55. The Morgan fingerprint density at radius 1 is 0.818 bits per heavy atom. The third kappa shape index (κ3) is 6.67. The van der Waals surface area contributed by atoms with Crippen LogP contribution in [0.25, 0.3) is 0 Å². The Morgan fingerprint density at radius 3 is 1.97 bits per heavy atom. The standard InChI is InChI=1S/C23H26N4O5S/c1-15(2)27-33(30,31)20-12-10-19(11-13-20)25-22(28)16(3)24-17-6-8-18(9-7-17)26-23(29)21-5-4-14-32-21/h4-16,24,27H,1-3H3,(H,25,28)(H,26,29). The first-order chi connectivity index (χ1) is 15.6. The minimum atomic E-state index is -3.59. The normalized spacial score (nSPS) is 12.2. The van der Waals surface area contributed by atoms with Gasteiger partial charge in [0.1, 0.15) is 6.04 Å². The van der Waals surface area contributed by atoms with Crippen LogP contribution >= 0.6 is 0 Å². The van der Waals surface area contributed by atoms with E-state index in [4.69, 9.17) is 4.42 Å². The van der Waals surface area contributed by atoms with Crippen LogP contribution in [0, 0.1) is 0 Å². The van der Waals surface area contributed by atoms with Crippen molar-refractivity contribution in [3.8, 4) is 0 Å². The van der Waals surface area contributed by atoms with Gasteiger partial charge in [-0.2, -0.15) is 0 Å². The van der Waals surface area contributed by atoms with Crippen LogP contribution in [0.4, 0.5) is 17.1 Å². The Kier molecular flexibility index (Phi) is 7.52. The second-order valence-electron chi connectivity index (χ2n) is 7.66. The highest BCUT2D eigenvalue weighted by Crippen LogP contribution is 2.17. The molecule has 33 heavy (non-hydrogen) atoms. The molecule has 10 heteroatoms. The number of sulfonamides is 1.